The normalized spacial score (nSPS) is 35.0. The maximum Gasteiger partial charge on any atom is 0.0507 e. The van der Waals surface area contributed by atoms with Gasteiger partial charge in [-0.2, -0.15) is 0 Å². The van der Waals surface area contributed by atoms with E-state index >= 15 is 0 Å². The zero-order chi connectivity index (χ0) is 14.7. The Hall–Kier alpha value is -1.28. The van der Waals surface area contributed by atoms with Crippen LogP contribution < -0.4 is 0 Å². The zero-order valence-corrected chi connectivity index (χ0v) is 13.5. The van der Waals surface area contributed by atoms with E-state index in [0.29, 0.717) is 12.1 Å². The highest BCUT2D eigenvalue weighted by Crippen LogP contribution is 2.48. The molecule has 1 aromatic heterocycles. The van der Waals surface area contributed by atoms with Crippen molar-refractivity contribution in [3.63, 3.8) is 0 Å². The van der Waals surface area contributed by atoms with Gasteiger partial charge in [-0.1, -0.05) is 37.5 Å². The van der Waals surface area contributed by atoms with E-state index in [2.05, 4.69) is 41.1 Å². The molecule has 4 atom stereocenters. The molecule has 2 aliphatic heterocycles. The molecule has 1 saturated heterocycles. The standard InChI is InChI=1S/C20H26N2/c1-13-10-17-16-8-4-5-9-18(16)21-20(17)19-11-14-6-2-3-7-15(14)12-22(13)19/h4-5,8-9,13-15,19,21H,2-3,6-7,10-12H2,1H3/t13-,14-,15-,19-/m1/s1. The predicted octanol–water partition coefficient (Wildman–Crippen LogP) is 4.67. The molecule has 2 fully saturated rings. The quantitative estimate of drug-likeness (QED) is 0.748. The van der Waals surface area contributed by atoms with Crippen LogP contribution in [0.2, 0.25) is 0 Å². The minimum Gasteiger partial charge on any atom is -0.357 e. The summed E-state index contributed by atoms with van der Waals surface area (Å²) in [5, 5.41) is 1.47. The number of benzene rings is 1. The first-order chi connectivity index (χ1) is 10.8. The van der Waals surface area contributed by atoms with Crippen molar-refractivity contribution in [1.29, 1.82) is 0 Å². The molecule has 5 rings (SSSR count). The highest BCUT2D eigenvalue weighted by Gasteiger charge is 2.43. The van der Waals surface area contributed by atoms with Crippen LogP contribution in [-0.4, -0.2) is 22.5 Å². The molecule has 0 spiro atoms. The summed E-state index contributed by atoms with van der Waals surface area (Å²) in [6.07, 6.45) is 8.47. The zero-order valence-electron chi connectivity index (χ0n) is 13.5. The molecular formula is C20H26N2. The molecule has 0 unspecified atom stereocenters. The first-order valence-corrected chi connectivity index (χ1v) is 9.16. The number of fused-ring (bicyclic) bond motifs is 6. The molecule has 1 aliphatic carbocycles. The average molecular weight is 294 g/mol. The van der Waals surface area contributed by atoms with Gasteiger partial charge in [-0.05, 0) is 49.7 Å². The fourth-order valence-electron chi connectivity index (χ4n) is 5.56. The van der Waals surface area contributed by atoms with Crippen molar-refractivity contribution in [1.82, 2.24) is 9.88 Å². The summed E-state index contributed by atoms with van der Waals surface area (Å²) in [7, 11) is 0. The number of aromatic amines is 1. The lowest BCUT2D eigenvalue weighted by atomic mass is 9.70. The van der Waals surface area contributed by atoms with Gasteiger partial charge in [0.05, 0.1) is 6.04 Å². The van der Waals surface area contributed by atoms with E-state index in [1.807, 2.05) is 0 Å². The SMILES string of the molecule is C[C@@H]1Cc2c([nH]c3ccccc23)[C@H]2C[C@H]3CCCC[C@@H]3CN12. The molecule has 1 saturated carbocycles. The van der Waals surface area contributed by atoms with Crippen LogP contribution in [0.25, 0.3) is 10.9 Å². The maximum absolute atomic E-state index is 3.79. The van der Waals surface area contributed by atoms with Gasteiger partial charge in [-0.15, -0.1) is 0 Å². The maximum atomic E-state index is 3.79. The number of rotatable bonds is 0. The summed E-state index contributed by atoms with van der Waals surface area (Å²) < 4.78 is 0. The van der Waals surface area contributed by atoms with Crippen LogP contribution in [0.15, 0.2) is 24.3 Å². The molecule has 2 nitrogen and oxygen atoms in total. The van der Waals surface area contributed by atoms with Crippen LogP contribution in [0.1, 0.15) is 56.3 Å². The number of hydrogen-bond donors (Lipinski definition) is 1. The van der Waals surface area contributed by atoms with Gasteiger partial charge in [-0.3, -0.25) is 4.90 Å². The fraction of sp³-hybridized carbons (Fsp3) is 0.600. The van der Waals surface area contributed by atoms with Gasteiger partial charge in [-0.25, -0.2) is 0 Å². The molecule has 1 aromatic carbocycles. The van der Waals surface area contributed by atoms with Crippen molar-refractivity contribution in [2.24, 2.45) is 11.8 Å². The van der Waals surface area contributed by atoms with Gasteiger partial charge in [0.1, 0.15) is 0 Å². The van der Waals surface area contributed by atoms with Crippen molar-refractivity contribution in [2.75, 3.05) is 6.54 Å². The number of piperidine rings is 1. The van der Waals surface area contributed by atoms with Crippen LogP contribution in [0, 0.1) is 11.8 Å². The number of nitrogens with zero attached hydrogens (tertiary/aromatic N) is 1. The Bertz CT molecular complexity index is 701. The number of hydrogen-bond acceptors (Lipinski definition) is 1. The summed E-state index contributed by atoms with van der Waals surface area (Å²) >= 11 is 0. The first kappa shape index (κ1) is 13.2. The molecule has 22 heavy (non-hydrogen) atoms. The van der Waals surface area contributed by atoms with Crippen LogP contribution in [0.4, 0.5) is 0 Å². The van der Waals surface area contributed by atoms with Gasteiger partial charge < -0.3 is 4.98 Å². The third-order valence-corrected chi connectivity index (χ3v) is 6.68. The molecule has 116 valence electrons. The minimum absolute atomic E-state index is 0.644. The Morgan fingerprint density at radius 2 is 1.91 bits per heavy atom. The molecule has 1 N–H and O–H groups in total. The van der Waals surface area contributed by atoms with E-state index in [1.54, 1.807) is 11.3 Å². The topological polar surface area (TPSA) is 19.0 Å². The lowest BCUT2D eigenvalue weighted by Crippen LogP contribution is -2.50. The fourth-order valence-corrected chi connectivity index (χ4v) is 5.56. The van der Waals surface area contributed by atoms with Crippen molar-refractivity contribution >= 4 is 10.9 Å². The monoisotopic (exact) mass is 294 g/mol. The van der Waals surface area contributed by atoms with Crippen molar-refractivity contribution in [2.45, 2.75) is 57.5 Å². The molecule has 2 heteroatoms. The van der Waals surface area contributed by atoms with Gasteiger partial charge >= 0.3 is 0 Å². The van der Waals surface area contributed by atoms with Crippen LogP contribution in [0.5, 0.6) is 0 Å². The van der Waals surface area contributed by atoms with Gasteiger partial charge in [0.15, 0.2) is 0 Å². The molecule has 3 aliphatic rings. The largest absolute Gasteiger partial charge is 0.357 e. The number of para-hydroxylation sites is 1. The third kappa shape index (κ3) is 1.83. The summed E-state index contributed by atoms with van der Waals surface area (Å²) in [5.74, 6) is 1.94. The molecular weight excluding hydrogens is 268 g/mol. The van der Waals surface area contributed by atoms with Crippen molar-refractivity contribution < 1.29 is 0 Å². The second kappa shape index (κ2) is 4.86. The minimum atomic E-state index is 0.644. The average Bonchev–Trinajstić information content (AvgIpc) is 2.93. The Labute approximate surface area is 132 Å². The highest BCUT2D eigenvalue weighted by molar-refractivity contribution is 5.85. The third-order valence-electron chi connectivity index (χ3n) is 6.68. The Balaban J connectivity index is 1.59. The van der Waals surface area contributed by atoms with Gasteiger partial charge in [0, 0.05) is 29.2 Å². The summed E-state index contributed by atoms with van der Waals surface area (Å²) in [5.41, 5.74) is 4.49. The smallest absolute Gasteiger partial charge is 0.0507 e. The summed E-state index contributed by atoms with van der Waals surface area (Å²) in [4.78, 5) is 6.61. The van der Waals surface area contributed by atoms with E-state index in [9.17, 15) is 0 Å². The second-order valence-electron chi connectivity index (χ2n) is 7.87. The predicted molar refractivity (Wildman–Crippen MR) is 91.0 cm³/mol. The van der Waals surface area contributed by atoms with Gasteiger partial charge in [0.25, 0.3) is 0 Å². The van der Waals surface area contributed by atoms with E-state index in [4.69, 9.17) is 0 Å². The van der Waals surface area contributed by atoms with E-state index < -0.39 is 0 Å². The number of aromatic nitrogens is 1. The second-order valence-corrected chi connectivity index (χ2v) is 7.87. The number of H-pyrrole nitrogens is 1. The van der Waals surface area contributed by atoms with Crippen LogP contribution >= 0.6 is 0 Å². The number of nitrogens with one attached hydrogen (secondary N) is 1. The van der Waals surface area contributed by atoms with Gasteiger partial charge in [0.2, 0.25) is 0 Å². The molecule has 3 heterocycles. The Morgan fingerprint density at radius 1 is 1.09 bits per heavy atom. The first-order valence-electron chi connectivity index (χ1n) is 9.16. The highest BCUT2D eigenvalue weighted by atomic mass is 15.2. The lowest BCUT2D eigenvalue weighted by Gasteiger charge is -2.50. The van der Waals surface area contributed by atoms with E-state index in [-0.39, 0.29) is 0 Å². The van der Waals surface area contributed by atoms with E-state index in [0.717, 1.165) is 11.8 Å². The summed E-state index contributed by atoms with van der Waals surface area (Å²) in [6, 6.07) is 10.2. The van der Waals surface area contributed by atoms with Crippen molar-refractivity contribution in [3.05, 3.63) is 35.5 Å². The molecule has 0 amide bonds. The lowest BCUT2D eigenvalue weighted by molar-refractivity contribution is 0.00372. The molecule has 0 bridgehead atoms. The molecule has 2 aromatic rings. The molecule has 0 radical (unpaired) electrons. The van der Waals surface area contributed by atoms with E-state index in [1.165, 1.54) is 56.0 Å². The van der Waals surface area contributed by atoms with Crippen LogP contribution in [-0.2, 0) is 6.42 Å². The Kier molecular flexibility index (Phi) is 2.91. The Morgan fingerprint density at radius 3 is 2.82 bits per heavy atom. The van der Waals surface area contributed by atoms with Crippen LogP contribution in [0.3, 0.4) is 0 Å². The van der Waals surface area contributed by atoms with Crippen molar-refractivity contribution in [3.8, 4) is 0 Å². The summed E-state index contributed by atoms with van der Waals surface area (Å²) in [6.45, 7) is 3.78.